The Labute approximate surface area is 739 Å². The van der Waals surface area contributed by atoms with Crippen molar-refractivity contribution < 1.29 is 64.4 Å². The molecule has 2 aliphatic heterocycles. The van der Waals surface area contributed by atoms with Gasteiger partial charge >= 0.3 is 741 Å². The summed E-state index contributed by atoms with van der Waals surface area (Å²) in [5.41, 5.74) is -4.79. The Morgan fingerprint density at radius 2 is 0.413 bits per heavy atom. The van der Waals surface area contributed by atoms with Crippen LogP contribution in [0.4, 0.5) is 28.4 Å². The van der Waals surface area contributed by atoms with Gasteiger partial charge in [-0.1, -0.05) is 6.07 Å². The maximum atomic E-state index is 30.9. The van der Waals surface area contributed by atoms with Crippen LogP contribution in [0.2, 0.25) is 80.4 Å². The molecule has 0 saturated carbocycles. The average Bonchev–Trinajstić information content (AvgIpc) is 0.360. The first-order valence-corrected chi connectivity index (χ1v) is 46.0. The molecule has 0 fully saturated rings. The first-order chi connectivity index (χ1) is 55.3. The molecule has 15 aromatic rings. The molecule has 121 heavy (non-hydrogen) atoms. The summed E-state index contributed by atoms with van der Waals surface area (Å²) < 4.78 is 280. The van der Waals surface area contributed by atoms with Crippen molar-refractivity contribution in [3.8, 4) is 91.5 Å². The monoisotopic (exact) mass is 2020 g/mol. The van der Waals surface area contributed by atoms with E-state index < -0.39 is 242 Å². The molecule has 16 nitrogen and oxygen atoms in total. The van der Waals surface area contributed by atoms with Crippen LogP contribution in [0.3, 0.4) is 0 Å². The Morgan fingerprint density at radius 1 is 0.215 bits per heavy atom. The summed E-state index contributed by atoms with van der Waals surface area (Å²) in [5, 5.41) is -69.5. The molecule has 12 aromatic carbocycles. The van der Waals surface area contributed by atoms with Crippen LogP contribution in [0.5, 0.6) is 46.0 Å². The molecule has 0 unspecified atom stereocenters. The van der Waals surface area contributed by atoms with E-state index in [0.717, 1.165) is 0 Å². The first kappa shape index (κ1) is 84.2. The molecule has 0 spiro atoms. The van der Waals surface area contributed by atoms with Crippen molar-refractivity contribution in [1.82, 2.24) is 39.9 Å². The third-order valence-electron chi connectivity index (χ3n) is 19.3. The van der Waals surface area contributed by atoms with Gasteiger partial charge in [0.1, 0.15) is 0 Å². The minimum absolute atomic E-state index is 0.0336. The summed E-state index contributed by atoms with van der Waals surface area (Å²) in [5.74, 6) is -35.5. The van der Waals surface area contributed by atoms with Gasteiger partial charge in [-0.25, -0.2) is 0 Å². The van der Waals surface area contributed by atoms with Gasteiger partial charge in [-0.3, -0.25) is 0 Å². The number of hydrogen-bond donors (Lipinski definition) is 2. The number of H-pyrrole nitrogens is 2. The number of aromatic amines is 2. The molecular formula is C80H41Cl16CuF8N8O8. The summed E-state index contributed by atoms with van der Waals surface area (Å²) >= 11 is 112. The molecule has 41 heteroatoms. The molecule has 17 rings (SSSR count). The van der Waals surface area contributed by atoms with E-state index in [1.54, 1.807) is 24.3 Å². The van der Waals surface area contributed by atoms with Gasteiger partial charge in [0, 0.05) is 0 Å². The van der Waals surface area contributed by atoms with Crippen molar-refractivity contribution >= 4 is 234 Å². The Bertz CT molecular complexity index is 7790. The number of aromatic nitrogens is 8. The molecule has 8 bridgehead atoms. The summed E-state index contributed by atoms with van der Waals surface area (Å²) in [4.78, 5) is 33.9. The number of fused-ring (bicyclic) bond motifs is 20. The van der Waals surface area contributed by atoms with Gasteiger partial charge < -0.3 is 0 Å². The summed E-state index contributed by atoms with van der Waals surface area (Å²) in [6.45, 7) is 0. The van der Waals surface area contributed by atoms with E-state index in [1.165, 1.54) is 48.5 Å². The Kier molecular flexibility index (Phi) is 10.0. The van der Waals surface area contributed by atoms with E-state index >= 15 is 28.4 Å². The molecule has 0 aliphatic carbocycles. The van der Waals surface area contributed by atoms with Crippen molar-refractivity contribution in [3.63, 3.8) is 0 Å². The second-order valence-electron chi connectivity index (χ2n) is 29.5. The van der Waals surface area contributed by atoms with Crippen LogP contribution in [0.15, 0.2) is 237 Å². The topological polar surface area (TPSA) is 183 Å². The number of nitrogens with one attached hydrogen (secondary N) is 2. The Balaban J connectivity index is 1.50. The zero-order valence-corrected chi connectivity index (χ0v) is 72.4. The minimum atomic E-state index is -30.4. The van der Waals surface area contributed by atoms with Crippen LogP contribution >= 0.6 is 186 Å². The number of nitrogens with zero attached hydrogens (tertiary/aromatic N) is 6. The Morgan fingerprint density at radius 3 is 0.653 bits per heavy atom. The van der Waals surface area contributed by atoms with Gasteiger partial charge in [-0.05, 0) is 0 Å². The number of hydrogen-bond acceptors (Lipinski definition) is 14. The predicted octanol–water partition coefficient (Wildman–Crippen LogP) is 32.1. The van der Waals surface area contributed by atoms with Crippen LogP contribution in [0.1, 0.15) is 0 Å². The predicted molar refractivity (Wildman–Crippen MR) is 461 cm³/mol. The van der Waals surface area contributed by atoms with Crippen LogP contribution in [0.25, 0.3) is 89.7 Å². The second-order valence-corrected chi connectivity index (χ2v) is 58.7. The van der Waals surface area contributed by atoms with Crippen LogP contribution in [0, 0.1) is 0 Å². The van der Waals surface area contributed by atoms with E-state index in [-0.39, 0.29) is 88.4 Å². The summed E-state index contributed by atoms with van der Waals surface area (Å²) in [6, 6.07) is 11.2. The number of benzene rings is 12. The average molecular weight is 2030 g/mol. The van der Waals surface area contributed by atoms with Crippen LogP contribution < -0.4 is 35.0 Å². The van der Waals surface area contributed by atoms with Crippen molar-refractivity contribution in [1.29, 1.82) is 0 Å². The van der Waals surface area contributed by atoms with Gasteiger partial charge in [0.15, 0.2) is 0 Å². The molecule has 3 aromatic heterocycles. The Hall–Kier alpha value is -9.00. The molecule has 628 valence electrons. The van der Waals surface area contributed by atoms with Crippen LogP contribution in [-0.2, 0) is 5.39 Å². The SMILES string of the molecule is [F][Cu]([F])([F])([F])([F])([F])([F])([F])([O]c1cc(Cl)ccc1Cl)([O]c1cc(Cl)ccc1Cl)([O]c1cc(Cl)ccc1Cl)([O]c1cc(Cl)ccc1Cl)([O]c1cc(Cl)ccc1Cl)([O]c1cc(Cl)ccc1Cl)([O]c1cc(Cl)ccc1Cl)([O]c1cc(Cl)ccc1Cl)[c]1cccc2c3nc4nc(nc5[nH]c(nc6nc(nc([nH]3)c12)-c1ccccc1-6)c1ccccc51)-c1ccccc1-4. The van der Waals surface area contributed by atoms with E-state index in [2.05, 4.69) is 19.9 Å². The van der Waals surface area contributed by atoms with E-state index in [9.17, 15) is 0 Å². The zero-order valence-electron chi connectivity index (χ0n) is 59.3. The number of rotatable bonds is 17. The molecular weight excluding hydrogens is 1980 g/mol. The molecule has 5 heterocycles. The summed E-state index contributed by atoms with van der Waals surface area (Å²) in [7, 11) is 0. The van der Waals surface area contributed by atoms with Gasteiger partial charge in [-0.15, -0.1) is 0 Å². The quantitative estimate of drug-likeness (QED) is 0.0648. The summed E-state index contributed by atoms with van der Waals surface area (Å²) in [6.07, 6.45) is 0. The number of halogens is 24. The molecule has 0 amide bonds. The second kappa shape index (κ2) is 14.4. The molecule has 0 radical (unpaired) electrons. The van der Waals surface area contributed by atoms with E-state index in [1.807, 2.05) is 0 Å². The third-order valence-corrected chi connectivity index (χ3v) is 38.8. The normalized spacial score (nSPS) is 19.9. The van der Waals surface area contributed by atoms with Crippen molar-refractivity contribution in [2.75, 3.05) is 0 Å². The van der Waals surface area contributed by atoms with Crippen molar-refractivity contribution in [2.45, 2.75) is 0 Å². The van der Waals surface area contributed by atoms with E-state index in [0.29, 0.717) is 59.3 Å². The molecule has 0 saturated heterocycles. The molecule has 0 atom stereocenters. The third kappa shape index (κ3) is 9.04. The van der Waals surface area contributed by atoms with Crippen LogP contribution in [-0.4, -0.2) is 39.9 Å². The molecule has 2 aliphatic rings. The standard InChI is InChI=1S/C32H17N8.8C6H4Cl2O.Cu.8FH/c1-2-10-18-17(9-1)25-33-26(18)38-28-21-13-5-6-14-22(21)30(35-28)40-32-24-16-8-7-15-23(24)31(36-32)39-29-20-12-4-3-11-19(20)27(34-29)37-25;8*7-4-1-2-5(8)6(9)3-4;;;;;;;;;/h1-15H,(H2,33,34,35,36,37,38,39,40);8*1-3,9H;;8*1H/q;;;;;;;;;+16;;;;;;;;/p-16. The van der Waals surface area contributed by atoms with Gasteiger partial charge in [0.25, 0.3) is 0 Å². The fraction of sp³-hybridized carbons (Fsp3) is 0. The van der Waals surface area contributed by atoms with Gasteiger partial charge in [0.05, 0.1) is 0 Å². The van der Waals surface area contributed by atoms with Crippen molar-refractivity contribution in [2.24, 2.45) is 0 Å². The van der Waals surface area contributed by atoms with Gasteiger partial charge in [-0.2, -0.15) is 0 Å². The fourth-order valence-electron chi connectivity index (χ4n) is 14.6. The van der Waals surface area contributed by atoms with E-state index in [4.69, 9.17) is 236 Å². The van der Waals surface area contributed by atoms with Gasteiger partial charge in [0.2, 0.25) is 0 Å². The molecule has 2 N–H and O–H groups in total. The van der Waals surface area contributed by atoms with Crippen molar-refractivity contribution in [3.05, 3.63) is 317 Å². The first-order valence-electron chi connectivity index (χ1n) is 33.5. The zero-order chi connectivity index (χ0) is 86.8. The fourth-order valence-corrected chi connectivity index (χ4v) is 34.1. The maximum absolute atomic E-state index is 30.9.